The van der Waals surface area contributed by atoms with Crippen LogP contribution in [0, 0.1) is 0 Å². The number of nitrogens with one attached hydrogen (secondary N) is 1. The fourth-order valence-corrected chi connectivity index (χ4v) is 3.75. The number of nitrogens with zero attached hydrogens (tertiary/aromatic N) is 5. The molecule has 1 aliphatic heterocycles. The van der Waals surface area contributed by atoms with Crippen molar-refractivity contribution in [3.8, 4) is 5.75 Å². The SMILES string of the molecule is COc1cccc(C2CN(C(=O)c3cnn4cccnc34)Cc3[nH]cnc32)c1. The van der Waals surface area contributed by atoms with E-state index in [4.69, 9.17) is 4.74 Å². The molecule has 0 radical (unpaired) electrons. The molecule has 140 valence electrons. The zero-order valence-corrected chi connectivity index (χ0v) is 15.2. The lowest BCUT2D eigenvalue weighted by Gasteiger charge is -2.32. The second kappa shape index (κ2) is 6.49. The molecule has 3 aromatic heterocycles. The minimum atomic E-state index is -0.0955. The Labute approximate surface area is 160 Å². The number of aromatic nitrogens is 5. The maximum absolute atomic E-state index is 13.3. The first kappa shape index (κ1) is 16.5. The average Bonchev–Trinajstić information content (AvgIpc) is 3.39. The minimum absolute atomic E-state index is 0.0381. The van der Waals surface area contributed by atoms with Crippen molar-refractivity contribution in [1.29, 1.82) is 0 Å². The van der Waals surface area contributed by atoms with Crippen LogP contribution in [0.3, 0.4) is 0 Å². The van der Waals surface area contributed by atoms with E-state index in [0.717, 1.165) is 22.7 Å². The van der Waals surface area contributed by atoms with E-state index in [2.05, 4.69) is 20.1 Å². The molecule has 5 rings (SSSR count). The Kier molecular flexibility index (Phi) is 3.82. The monoisotopic (exact) mass is 374 g/mol. The second-order valence-corrected chi connectivity index (χ2v) is 6.73. The lowest BCUT2D eigenvalue weighted by Crippen LogP contribution is -2.38. The maximum Gasteiger partial charge on any atom is 0.259 e. The van der Waals surface area contributed by atoms with Crippen LogP contribution in [0.1, 0.15) is 33.2 Å². The molecule has 0 spiro atoms. The molecule has 1 aliphatic rings. The zero-order chi connectivity index (χ0) is 19.1. The number of H-pyrrole nitrogens is 1. The van der Waals surface area contributed by atoms with Gasteiger partial charge < -0.3 is 14.6 Å². The Hall–Kier alpha value is -3.68. The molecule has 0 saturated heterocycles. The van der Waals surface area contributed by atoms with Gasteiger partial charge in [-0.15, -0.1) is 0 Å². The molecule has 4 aromatic rings. The third kappa shape index (κ3) is 2.61. The standard InChI is InChI=1S/C20H18N6O2/c1-28-14-5-2-4-13(8-14)16-10-25(11-17-18(16)23-12-22-17)20(27)15-9-24-26-7-3-6-21-19(15)26/h2-9,12,16H,10-11H2,1H3,(H,22,23). The zero-order valence-electron chi connectivity index (χ0n) is 15.2. The van der Waals surface area contributed by atoms with Crippen molar-refractivity contribution in [1.82, 2.24) is 29.5 Å². The summed E-state index contributed by atoms with van der Waals surface area (Å²) in [4.78, 5) is 27.1. The smallest absolute Gasteiger partial charge is 0.259 e. The number of hydrogen-bond acceptors (Lipinski definition) is 5. The second-order valence-electron chi connectivity index (χ2n) is 6.73. The van der Waals surface area contributed by atoms with Crippen molar-refractivity contribution in [3.63, 3.8) is 0 Å². The molecular formula is C20H18N6O2. The van der Waals surface area contributed by atoms with Gasteiger partial charge in [-0.2, -0.15) is 5.10 Å². The van der Waals surface area contributed by atoms with Crippen LogP contribution in [0.25, 0.3) is 5.65 Å². The van der Waals surface area contributed by atoms with Gasteiger partial charge in [-0.3, -0.25) is 4.79 Å². The van der Waals surface area contributed by atoms with Crippen LogP contribution in [0.15, 0.2) is 55.2 Å². The number of carbonyl (C=O) groups is 1. The topological polar surface area (TPSA) is 88.4 Å². The van der Waals surface area contributed by atoms with Crippen LogP contribution < -0.4 is 4.74 Å². The molecule has 28 heavy (non-hydrogen) atoms. The summed E-state index contributed by atoms with van der Waals surface area (Å²) < 4.78 is 6.98. The van der Waals surface area contributed by atoms with E-state index in [9.17, 15) is 4.79 Å². The highest BCUT2D eigenvalue weighted by Gasteiger charge is 2.33. The number of aromatic amines is 1. The lowest BCUT2D eigenvalue weighted by molar-refractivity contribution is 0.0723. The largest absolute Gasteiger partial charge is 0.497 e. The van der Waals surface area contributed by atoms with Gasteiger partial charge >= 0.3 is 0 Å². The molecule has 1 atom stereocenters. The van der Waals surface area contributed by atoms with Crippen molar-refractivity contribution in [2.45, 2.75) is 12.5 Å². The van der Waals surface area contributed by atoms with Gasteiger partial charge in [-0.1, -0.05) is 12.1 Å². The van der Waals surface area contributed by atoms with Gasteiger partial charge in [-0.25, -0.2) is 14.5 Å². The van der Waals surface area contributed by atoms with Gasteiger partial charge in [0.1, 0.15) is 11.3 Å². The molecule has 0 aliphatic carbocycles. The first-order valence-corrected chi connectivity index (χ1v) is 8.98. The number of fused-ring (bicyclic) bond motifs is 2. The van der Waals surface area contributed by atoms with E-state index in [0.29, 0.717) is 24.3 Å². The molecule has 8 heteroatoms. The number of benzene rings is 1. The summed E-state index contributed by atoms with van der Waals surface area (Å²) in [6.07, 6.45) is 6.70. The Morgan fingerprint density at radius 3 is 3.11 bits per heavy atom. The lowest BCUT2D eigenvalue weighted by atomic mass is 9.90. The number of rotatable bonds is 3. The van der Waals surface area contributed by atoms with Gasteiger partial charge in [0.05, 0.1) is 37.6 Å². The number of hydrogen-bond donors (Lipinski definition) is 1. The molecule has 8 nitrogen and oxygen atoms in total. The van der Waals surface area contributed by atoms with Crippen molar-refractivity contribution in [2.75, 3.05) is 13.7 Å². The van der Waals surface area contributed by atoms with E-state index in [1.54, 1.807) is 42.6 Å². The summed E-state index contributed by atoms with van der Waals surface area (Å²) in [7, 11) is 1.65. The molecule has 0 fully saturated rings. The normalized spacial score (nSPS) is 16.2. The first-order chi connectivity index (χ1) is 13.7. The molecule has 0 saturated carbocycles. The molecular weight excluding hydrogens is 356 g/mol. The predicted octanol–water partition coefficient (Wildman–Crippen LogP) is 2.25. The Balaban J connectivity index is 1.52. The van der Waals surface area contributed by atoms with E-state index in [-0.39, 0.29) is 11.8 Å². The van der Waals surface area contributed by atoms with Crippen LogP contribution in [0.4, 0.5) is 0 Å². The molecule has 1 unspecified atom stereocenters. The summed E-state index contributed by atoms with van der Waals surface area (Å²) >= 11 is 0. The summed E-state index contributed by atoms with van der Waals surface area (Å²) in [6.45, 7) is 0.993. The molecule has 0 bridgehead atoms. The van der Waals surface area contributed by atoms with E-state index >= 15 is 0 Å². The average molecular weight is 374 g/mol. The number of imidazole rings is 1. The van der Waals surface area contributed by atoms with Gasteiger partial charge in [0.25, 0.3) is 5.91 Å². The van der Waals surface area contributed by atoms with Crippen LogP contribution in [0.2, 0.25) is 0 Å². The highest BCUT2D eigenvalue weighted by Crippen LogP contribution is 2.33. The van der Waals surface area contributed by atoms with Crippen LogP contribution >= 0.6 is 0 Å². The highest BCUT2D eigenvalue weighted by atomic mass is 16.5. The Morgan fingerprint density at radius 1 is 1.29 bits per heavy atom. The fourth-order valence-electron chi connectivity index (χ4n) is 3.75. The summed E-state index contributed by atoms with van der Waals surface area (Å²) in [6, 6.07) is 9.68. The predicted molar refractivity (Wildman–Crippen MR) is 101 cm³/mol. The third-order valence-corrected chi connectivity index (χ3v) is 5.13. The van der Waals surface area contributed by atoms with Crippen molar-refractivity contribution in [2.24, 2.45) is 0 Å². The number of carbonyl (C=O) groups excluding carboxylic acids is 1. The van der Waals surface area contributed by atoms with Crippen LogP contribution in [0.5, 0.6) is 5.75 Å². The summed E-state index contributed by atoms with van der Waals surface area (Å²) in [5.74, 6) is 0.649. The van der Waals surface area contributed by atoms with Gasteiger partial charge in [0.15, 0.2) is 5.65 Å². The van der Waals surface area contributed by atoms with E-state index < -0.39 is 0 Å². The van der Waals surface area contributed by atoms with Crippen LogP contribution in [-0.4, -0.2) is 49.0 Å². The quantitative estimate of drug-likeness (QED) is 0.594. The van der Waals surface area contributed by atoms with Crippen LogP contribution in [-0.2, 0) is 6.54 Å². The molecule has 4 heterocycles. The Morgan fingerprint density at radius 2 is 2.21 bits per heavy atom. The number of ether oxygens (including phenoxy) is 1. The van der Waals surface area contributed by atoms with Crippen molar-refractivity contribution in [3.05, 3.63) is 77.8 Å². The van der Waals surface area contributed by atoms with Crippen molar-refractivity contribution < 1.29 is 9.53 Å². The van der Waals surface area contributed by atoms with Crippen molar-refractivity contribution >= 4 is 11.6 Å². The number of amides is 1. The van der Waals surface area contributed by atoms with Gasteiger partial charge in [-0.05, 0) is 23.8 Å². The summed E-state index contributed by atoms with van der Waals surface area (Å²) in [5.41, 5.74) is 4.02. The summed E-state index contributed by atoms with van der Waals surface area (Å²) in [5, 5.41) is 4.24. The highest BCUT2D eigenvalue weighted by molar-refractivity contribution is 5.99. The first-order valence-electron chi connectivity index (χ1n) is 8.98. The third-order valence-electron chi connectivity index (χ3n) is 5.13. The molecule has 1 amide bonds. The van der Waals surface area contributed by atoms with Gasteiger partial charge in [0.2, 0.25) is 0 Å². The fraction of sp³-hybridized carbons (Fsp3) is 0.200. The minimum Gasteiger partial charge on any atom is -0.497 e. The maximum atomic E-state index is 13.3. The molecule has 1 N–H and O–H groups in total. The van der Waals surface area contributed by atoms with E-state index in [1.807, 2.05) is 29.2 Å². The number of methoxy groups -OCH3 is 1. The van der Waals surface area contributed by atoms with E-state index in [1.165, 1.54) is 0 Å². The molecule has 1 aromatic carbocycles. The Bertz CT molecular complexity index is 1160. The van der Waals surface area contributed by atoms with Gasteiger partial charge in [0, 0.05) is 24.9 Å².